The van der Waals surface area contributed by atoms with Gasteiger partial charge in [0.15, 0.2) is 0 Å². The SMILES string of the molecule is CN(CCN1CCN(c2ncnc3sccc23)CC1)Cc1ccccc1. The van der Waals surface area contributed by atoms with Crippen LogP contribution in [0.25, 0.3) is 10.2 Å². The lowest BCUT2D eigenvalue weighted by atomic mass is 10.2. The maximum Gasteiger partial charge on any atom is 0.140 e. The highest BCUT2D eigenvalue weighted by Gasteiger charge is 2.20. The van der Waals surface area contributed by atoms with Gasteiger partial charge in [-0.2, -0.15) is 0 Å². The third-order valence-corrected chi connectivity index (χ3v) is 5.83. The lowest BCUT2D eigenvalue weighted by Crippen LogP contribution is -2.48. The Kier molecular flexibility index (Phi) is 5.43. The van der Waals surface area contributed by atoms with Gasteiger partial charge in [-0.25, -0.2) is 9.97 Å². The second kappa shape index (κ2) is 8.12. The van der Waals surface area contributed by atoms with Gasteiger partial charge in [-0.05, 0) is 24.1 Å². The zero-order chi connectivity index (χ0) is 17.8. The average Bonchev–Trinajstić information content (AvgIpc) is 3.16. The minimum absolute atomic E-state index is 1.01. The number of likely N-dealkylation sites (N-methyl/N-ethyl adjacent to an activating group) is 1. The summed E-state index contributed by atoms with van der Waals surface area (Å²) in [5.41, 5.74) is 1.38. The van der Waals surface area contributed by atoms with Gasteiger partial charge < -0.3 is 9.80 Å². The van der Waals surface area contributed by atoms with Gasteiger partial charge in [-0.3, -0.25) is 4.90 Å². The van der Waals surface area contributed by atoms with E-state index in [-0.39, 0.29) is 0 Å². The molecule has 6 heteroatoms. The minimum atomic E-state index is 1.01. The lowest BCUT2D eigenvalue weighted by Gasteiger charge is -2.36. The highest BCUT2D eigenvalue weighted by atomic mass is 32.1. The molecule has 0 N–H and O–H groups in total. The van der Waals surface area contributed by atoms with Gasteiger partial charge in [0.05, 0.1) is 5.39 Å². The Morgan fingerprint density at radius 2 is 1.85 bits per heavy atom. The molecule has 1 aromatic carbocycles. The largest absolute Gasteiger partial charge is 0.353 e. The van der Waals surface area contributed by atoms with Crippen LogP contribution in [0.5, 0.6) is 0 Å². The summed E-state index contributed by atoms with van der Waals surface area (Å²) in [4.78, 5) is 17.4. The molecule has 0 saturated carbocycles. The maximum absolute atomic E-state index is 4.54. The van der Waals surface area contributed by atoms with Gasteiger partial charge in [0, 0.05) is 45.8 Å². The van der Waals surface area contributed by atoms with Crippen LogP contribution in [0.3, 0.4) is 0 Å². The van der Waals surface area contributed by atoms with Crippen LogP contribution in [0.15, 0.2) is 48.1 Å². The molecule has 1 saturated heterocycles. The van der Waals surface area contributed by atoms with E-state index in [9.17, 15) is 0 Å². The topological polar surface area (TPSA) is 35.5 Å². The fraction of sp³-hybridized carbons (Fsp3) is 0.400. The second-order valence-corrected chi connectivity index (χ2v) is 7.78. The zero-order valence-corrected chi connectivity index (χ0v) is 16.0. The van der Waals surface area contributed by atoms with E-state index < -0.39 is 0 Å². The first kappa shape index (κ1) is 17.4. The number of benzene rings is 1. The van der Waals surface area contributed by atoms with Crippen molar-refractivity contribution >= 4 is 27.4 Å². The fourth-order valence-corrected chi connectivity index (χ4v) is 4.23. The van der Waals surface area contributed by atoms with E-state index in [1.807, 2.05) is 0 Å². The van der Waals surface area contributed by atoms with Crippen molar-refractivity contribution in [1.29, 1.82) is 0 Å². The number of piperazine rings is 1. The summed E-state index contributed by atoms with van der Waals surface area (Å²) in [6, 6.07) is 12.8. The summed E-state index contributed by atoms with van der Waals surface area (Å²) in [7, 11) is 2.21. The number of rotatable bonds is 6. The summed E-state index contributed by atoms with van der Waals surface area (Å²) < 4.78 is 0. The molecule has 0 spiro atoms. The Labute approximate surface area is 158 Å². The van der Waals surface area contributed by atoms with Crippen molar-refractivity contribution < 1.29 is 0 Å². The van der Waals surface area contributed by atoms with E-state index in [0.29, 0.717) is 0 Å². The molecule has 3 aromatic rings. The van der Waals surface area contributed by atoms with Crippen molar-refractivity contribution in [3.05, 3.63) is 53.7 Å². The fourth-order valence-electron chi connectivity index (χ4n) is 3.50. The quantitative estimate of drug-likeness (QED) is 0.669. The molecule has 3 heterocycles. The summed E-state index contributed by atoms with van der Waals surface area (Å²) in [6.45, 7) is 7.47. The summed E-state index contributed by atoms with van der Waals surface area (Å²) >= 11 is 1.68. The molecule has 0 radical (unpaired) electrons. The first-order valence-electron chi connectivity index (χ1n) is 9.17. The molecular weight excluding hydrogens is 342 g/mol. The summed E-state index contributed by atoms with van der Waals surface area (Å²) in [6.07, 6.45) is 1.69. The van der Waals surface area contributed by atoms with Crippen LogP contribution >= 0.6 is 11.3 Å². The maximum atomic E-state index is 4.54. The number of thiophene rings is 1. The van der Waals surface area contributed by atoms with Crippen molar-refractivity contribution in [2.45, 2.75) is 6.54 Å². The first-order valence-corrected chi connectivity index (χ1v) is 10.1. The van der Waals surface area contributed by atoms with Crippen LogP contribution < -0.4 is 4.90 Å². The first-order chi connectivity index (χ1) is 12.8. The lowest BCUT2D eigenvalue weighted by molar-refractivity contribution is 0.212. The Morgan fingerprint density at radius 1 is 1.04 bits per heavy atom. The second-order valence-electron chi connectivity index (χ2n) is 6.89. The van der Waals surface area contributed by atoms with Crippen molar-refractivity contribution in [3.63, 3.8) is 0 Å². The predicted octanol–water partition coefficient (Wildman–Crippen LogP) is 2.95. The molecule has 0 atom stereocenters. The van der Waals surface area contributed by atoms with Crippen molar-refractivity contribution in [2.75, 3.05) is 51.2 Å². The van der Waals surface area contributed by atoms with Crippen LogP contribution in [0, 0.1) is 0 Å². The van der Waals surface area contributed by atoms with Crippen LogP contribution in [0.4, 0.5) is 5.82 Å². The van der Waals surface area contributed by atoms with Crippen molar-refractivity contribution in [2.24, 2.45) is 0 Å². The van der Waals surface area contributed by atoms with Crippen LogP contribution in [0.1, 0.15) is 5.56 Å². The molecule has 1 aliphatic rings. The van der Waals surface area contributed by atoms with Gasteiger partial charge in [0.1, 0.15) is 17.0 Å². The highest BCUT2D eigenvalue weighted by Crippen LogP contribution is 2.27. The molecule has 5 nitrogen and oxygen atoms in total. The molecule has 4 rings (SSSR count). The molecule has 0 unspecified atom stereocenters. The standard InChI is InChI=1S/C20H25N5S/c1-23(15-17-5-3-2-4-6-17)8-9-24-10-12-25(13-11-24)19-18-7-14-26-20(18)22-16-21-19/h2-7,14,16H,8-13,15H2,1H3. The molecule has 0 aliphatic carbocycles. The van der Waals surface area contributed by atoms with Gasteiger partial charge in [0.25, 0.3) is 0 Å². The van der Waals surface area contributed by atoms with Gasteiger partial charge in [0.2, 0.25) is 0 Å². The third-order valence-electron chi connectivity index (χ3n) is 5.01. The Balaban J connectivity index is 1.27. The normalized spacial score (nSPS) is 15.8. The van der Waals surface area contributed by atoms with E-state index in [1.165, 1.54) is 10.9 Å². The average molecular weight is 368 g/mol. The third kappa shape index (κ3) is 4.03. The number of hydrogen-bond acceptors (Lipinski definition) is 6. The number of nitrogens with zero attached hydrogens (tertiary/aromatic N) is 5. The van der Waals surface area contributed by atoms with Gasteiger partial charge >= 0.3 is 0 Å². The van der Waals surface area contributed by atoms with E-state index in [1.54, 1.807) is 17.7 Å². The van der Waals surface area contributed by atoms with Gasteiger partial charge in [-0.1, -0.05) is 30.3 Å². The predicted molar refractivity (Wildman–Crippen MR) is 109 cm³/mol. The number of anilines is 1. The molecule has 1 aliphatic heterocycles. The summed E-state index contributed by atoms with van der Waals surface area (Å²) in [5.74, 6) is 1.09. The van der Waals surface area contributed by atoms with E-state index >= 15 is 0 Å². The molecule has 1 fully saturated rings. The van der Waals surface area contributed by atoms with Crippen LogP contribution in [-0.2, 0) is 6.54 Å². The highest BCUT2D eigenvalue weighted by molar-refractivity contribution is 7.16. The molecular formula is C20H25N5S. The number of aromatic nitrogens is 2. The number of hydrogen-bond donors (Lipinski definition) is 0. The monoisotopic (exact) mass is 367 g/mol. The van der Waals surface area contributed by atoms with E-state index in [0.717, 1.165) is 56.5 Å². The molecule has 0 bridgehead atoms. The van der Waals surface area contributed by atoms with Crippen LogP contribution in [0.2, 0.25) is 0 Å². The van der Waals surface area contributed by atoms with Crippen molar-refractivity contribution in [3.8, 4) is 0 Å². The zero-order valence-electron chi connectivity index (χ0n) is 15.2. The Bertz CT molecular complexity index is 826. The smallest absolute Gasteiger partial charge is 0.140 e. The molecule has 26 heavy (non-hydrogen) atoms. The number of fused-ring (bicyclic) bond motifs is 1. The molecule has 136 valence electrons. The molecule has 0 amide bonds. The van der Waals surface area contributed by atoms with E-state index in [4.69, 9.17) is 0 Å². The van der Waals surface area contributed by atoms with Gasteiger partial charge in [-0.15, -0.1) is 11.3 Å². The minimum Gasteiger partial charge on any atom is -0.353 e. The van der Waals surface area contributed by atoms with Crippen molar-refractivity contribution in [1.82, 2.24) is 19.8 Å². The molecule has 2 aromatic heterocycles. The van der Waals surface area contributed by atoms with Crippen LogP contribution in [-0.4, -0.2) is 66.1 Å². The Morgan fingerprint density at radius 3 is 2.65 bits per heavy atom. The Hall–Kier alpha value is -2.02. The van der Waals surface area contributed by atoms with E-state index in [2.05, 4.69) is 73.5 Å². The summed E-state index contributed by atoms with van der Waals surface area (Å²) in [5, 5.41) is 3.29.